The van der Waals surface area contributed by atoms with Crippen molar-refractivity contribution in [3.63, 3.8) is 0 Å². The van der Waals surface area contributed by atoms with Crippen molar-refractivity contribution < 1.29 is 56.8 Å². The van der Waals surface area contributed by atoms with Crippen molar-refractivity contribution in [1.82, 2.24) is 0 Å². The number of aliphatic hydroxyl groups excluding tert-OH is 3. The number of esters is 2. The van der Waals surface area contributed by atoms with Gasteiger partial charge in [-0.3, -0.25) is 14.1 Å². The predicted molar refractivity (Wildman–Crippen MR) is 252 cm³/mol. The molecule has 13 heteroatoms. The molecule has 0 aromatic rings. The van der Waals surface area contributed by atoms with E-state index in [9.17, 15) is 37.9 Å². The number of hydrogen-bond acceptors (Lipinski definition) is 11. The van der Waals surface area contributed by atoms with E-state index < -0.39 is 71.2 Å². The molecule has 362 valence electrons. The zero-order valence-electron chi connectivity index (χ0n) is 38.7. The summed E-state index contributed by atoms with van der Waals surface area (Å²) in [5, 5.41) is 30.9. The van der Waals surface area contributed by atoms with E-state index >= 15 is 0 Å². The maximum absolute atomic E-state index is 12.8. The maximum atomic E-state index is 12.8. The van der Waals surface area contributed by atoms with Crippen molar-refractivity contribution >= 4 is 22.1 Å². The van der Waals surface area contributed by atoms with E-state index in [1.165, 1.54) is 77.0 Å². The van der Waals surface area contributed by atoms with Gasteiger partial charge in [0.2, 0.25) is 0 Å². The van der Waals surface area contributed by atoms with Crippen LogP contribution in [0.15, 0.2) is 72.9 Å². The molecule has 0 aliphatic carbocycles. The lowest BCUT2D eigenvalue weighted by Crippen LogP contribution is -2.60. The van der Waals surface area contributed by atoms with Gasteiger partial charge in [-0.05, 0) is 51.4 Å². The van der Waals surface area contributed by atoms with Crippen molar-refractivity contribution in [3.8, 4) is 0 Å². The zero-order chi connectivity index (χ0) is 46.2. The Balaban J connectivity index is 2.47. The molecule has 0 aromatic heterocycles. The highest BCUT2D eigenvalue weighted by Gasteiger charge is 2.46. The quantitative estimate of drug-likeness (QED) is 0.0198. The fourth-order valence-electron chi connectivity index (χ4n) is 6.88. The van der Waals surface area contributed by atoms with Gasteiger partial charge in [-0.15, -0.1) is 0 Å². The van der Waals surface area contributed by atoms with Crippen molar-refractivity contribution in [2.24, 2.45) is 0 Å². The summed E-state index contributed by atoms with van der Waals surface area (Å²) >= 11 is 0. The molecule has 0 amide bonds. The minimum atomic E-state index is -4.61. The Kier molecular flexibility index (Phi) is 36.4. The lowest BCUT2D eigenvalue weighted by molar-refractivity contribution is -0.297. The highest BCUT2D eigenvalue weighted by atomic mass is 32.2. The molecule has 0 radical (unpaired) electrons. The summed E-state index contributed by atoms with van der Waals surface area (Å²) in [6.07, 6.45) is 41.0. The molecular formula is C50H84O12S. The number of hydrogen-bond donors (Lipinski definition) is 4. The van der Waals surface area contributed by atoms with Crippen LogP contribution in [0.5, 0.6) is 0 Å². The van der Waals surface area contributed by atoms with Crippen molar-refractivity contribution in [3.05, 3.63) is 72.9 Å². The number of carbonyl (C=O) groups excluding carboxylic acids is 2. The highest BCUT2D eigenvalue weighted by Crippen LogP contribution is 2.24. The minimum absolute atomic E-state index is 0.0920. The molecule has 2 unspecified atom stereocenters. The Labute approximate surface area is 380 Å². The second-order valence-corrected chi connectivity index (χ2v) is 17.9. The summed E-state index contributed by atoms with van der Waals surface area (Å²) in [5.41, 5.74) is 0. The Bertz CT molecular complexity index is 1440. The lowest BCUT2D eigenvalue weighted by Gasteiger charge is -2.40. The van der Waals surface area contributed by atoms with Gasteiger partial charge in [0.15, 0.2) is 12.4 Å². The summed E-state index contributed by atoms with van der Waals surface area (Å²) in [6.45, 7) is 3.59. The number of rotatable bonds is 39. The van der Waals surface area contributed by atoms with Gasteiger partial charge in [0.1, 0.15) is 36.8 Å². The zero-order valence-corrected chi connectivity index (χ0v) is 39.5. The first-order chi connectivity index (χ1) is 30.5. The van der Waals surface area contributed by atoms with Gasteiger partial charge in [-0.25, -0.2) is 0 Å². The van der Waals surface area contributed by atoms with E-state index in [-0.39, 0.29) is 19.4 Å². The molecule has 1 aliphatic rings. The van der Waals surface area contributed by atoms with Crippen LogP contribution in [0.4, 0.5) is 0 Å². The fourth-order valence-corrected chi connectivity index (χ4v) is 7.57. The number of ether oxygens (including phenoxy) is 4. The lowest BCUT2D eigenvalue weighted by atomic mass is 10.00. The molecule has 0 saturated carbocycles. The van der Waals surface area contributed by atoms with Crippen LogP contribution in [-0.2, 0) is 38.7 Å². The third-order valence-electron chi connectivity index (χ3n) is 10.6. The van der Waals surface area contributed by atoms with Crippen LogP contribution in [0.1, 0.15) is 174 Å². The molecule has 1 fully saturated rings. The Morgan fingerprint density at radius 3 is 1.46 bits per heavy atom. The summed E-state index contributed by atoms with van der Waals surface area (Å²) in [7, 11) is -4.61. The maximum Gasteiger partial charge on any atom is 0.306 e. The Morgan fingerprint density at radius 2 is 1.00 bits per heavy atom. The fraction of sp³-hybridized carbons (Fsp3) is 0.720. The largest absolute Gasteiger partial charge is 0.462 e. The molecule has 0 spiro atoms. The molecule has 6 atom stereocenters. The number of unbranched alkanes of at least 4 members (excludes halogenated alkanes) is 15. The molecule has 4 N–H and O–H groups in total. The van der Waals surface area contributed by atoms with Gasteiger partial charge < -0.3 is 34.3 Å². The summed E-state index contributed by atoms with van der Waals surface area (Å²) in [5.74, 6) is -2.09. The molecule has 1 aliphatic heterocycles. The van der Waals surface area contributed by atoms with E-state index in [4.69, 9.17) is 18.9 Å². The summed E-state index contributed by atoms with van der Waals surface area (Å²) in [4.78, 5) is 25.4. The van der Waals surface area contributed by atoms with Crippen LogP contribution in [-0.4, -0.2) is 96.0 Å². The van der Waals surface area contributed by atoms with Gasteiger partial charge in [-0.2, -0.15) is 8.42 Å². The van der Waals surface area contributed by atoms with Gasteiger partial charge in [-0.1, -0.05) is 183 Å². The van der Waals surface area contributed by atoms with E-state index in [0.717, 1.165) is 57.8 Å². The van der Waals surface area contributed by atoms with E-state index in [0.29, 0.717) is 12.8 Å². The monoisotopic (exact) mass is 909 g/mol. The van der Waals surface area contributed by atoms with Gasteiger partial charge in [0.05, 0.1) is 6.61 Å². The summed E-state index contributed by atoms with van der Waals surface area (Å²) < 4.78 is 54.1. The molecule has 1 rings (SSSR count). The smallest absolute Gasteiger partial charge is 0.306 e. The standard InChI is InChI=1S/C50H84O12S/c1-3-5-7-9-11-13-15-17-19-21-22-23-25-26-28-30-32-34-36-38-45(51)59-40-43(41-60-50-49(55)48(54)47(53)44(62-50)42-63(56,57)58)61-46(52)39-37-35-33-31-29-27-24-20-18-16-14-12-10-8-6-4-2/h5,7,11,13,17,19,22-23,26,28,32,34,43-44,47-50,53-55H,3-4,6,8-10,12,14-16,18,20-21,24-25,27,29-31,33,35-42H2,1-2H3,(H,56,57,58)/b7-5+,13-11+,19-17+,23-22+,28-26+,34-32+/t43-,44-,47-,48?,49?,50+/m1/s1. The molecule has 0 aromatic carbocycles. The normalized spacial score (nSPS) is 20.4. The first-order valence-corrected chi connectivity index (χ1v) is 25.6. The van der Waals surface area contributed by atoms with Crippen LogP contribution in [0.3, 0.4) is 0 Å². The predicted octanol–water partition coefficient (Wildman–Crippen LogP) is 10.3. The molecular weight excluding hydrogens is 825 g/mol. The molecule has 1 heterocycles. The number of aliphatic hydroxyl groups is 3. The van der Waals surface area contributed by atoms with E-state index in [1.54, 1.807) is 0 Å². The topological polar surface area (TPSA) is 186 Å². The second-order valence-electron chi connectivity index (χ2n) is 16.4. The average Bonchev–Trinajstić information content (AvgIpc) is 3.25. The number of allylic oxidation sites excluding steroid dienone is 12. The average molecular weight is 909 g/mol. The Morgan fingerprint density at radius 1 is 0.556 bits per heavy atom. The van der Waals surface area contributed by atoms with Crippen LogP contribution < -0.4 is 0 Å². The molecule has 1 saturated heterocycles. The second kappa shape index (κ2) is 39.5. The van der Waals surface area contributed by atoms with Crippen LogP contribution in [0.25, 0.3) is 0 Å². The van der Waals surface area contributed by atoms with Crippen LogP contribution in [0.2, 0.25) is 0 Å². The van der Waals surface area contributed by atoms with Crippen LogP contribution >= 0.6 is 0 Å². The van der Waals surface area contributed by atoms with Crippen LogP contribution in [0, 0.1) is 0 Å². The molecule has 63 heavy (non-hydrogen) atoms. The first kappa shape index (κ1) is 58.1. The number of carbonyl (C=O) groups is 2. The van der Waals surface area contributed by atoms with E-state index in [1.807, 2.05) is 12.2 Å². The Hall–Kier alpha value is -2.91. The van der Waals surface area contributed by atoms with Crippen molar-refractivity contribution in [2.75, 3.05) is 19.0 Å². The van der Waals surface area contributed by atoms with Crippen molar-refractivity contribution in [2.45, 2.75) is 211 Å². The third kappa shape index (κ3) is 34.2. The minimum Gasteiger partial charge on any atom is -0.462 e. The van der Waals surface area contributed by atoms with Crippen molar-refractivity contribution in [1.29, 1.82) is 0 Å². The first-order valence-electron chi connectivity index (χ1n) is 24.0. The highest BCUT2D eigenvalue weighted by molar-refractivity contribution is 7.85. The van der Waals surface area contributed by atoms with Gasteiger partial charge >= 0.3 is 11.9 Å². The van der Waals surface area contributed by atoms with Gasteiger partial charge in [0, 0.05) is 12.8 Å². The molecule has 12 nitrogen and oxygen atoms in total. The van der Waals surface area contributed by atoms with Gasteiger partial charge in [0.25, 0.3) is 10.1 Å². The summed E-state index contributed by atoms with van der Waals surface area (Å²) in [6, 6.07) is 0. The third-order valence-corrected chi connectivity index (χ3v) is 11.3. The van der Waals surface area contributed by atoms with E-state index in [2.05, 4.69) is 74.6 Å². The molecule has 0 bridgehead atoms. The SMILES string of the molecule is CC/C=C/C/C=C/C/C=C/C/C=C/C/C=C/C/C=C/CCC(=O)OC[C@H](CO[C@H]1O[C@H](CS(=O)(=O)O)[C@@H](O)C(O)C1O)OC(=O)CCCCCCCCCCCCCCCCCC.